The third-order valence-electron chi connectivity index (χ3n) is 3.76. The van der Waals surface area contributed by atoms with Gasteiger partial charge in [-0.3, -0.25) is 4.79 Å². The number of carbonyl (C=O) groups is 1. The second-order valence-corrected chi connectivity index (χ2v) is 6.77. The van der Waals surface area contributed by atoms with Crippen LogP contribution in [0.3, 0.4) is 0 Å². The molecule has 1 aromatic heterocycles. The van der Waals surface area contributed by atoms with Crippen molar-refractivity contribution in [3.8, 4) is 11.5 Å². The maximum Gasteiger partial charge on any atom is 0.230 e. The Morgan fingerprint density at radius 2 is 1.92 bits per heavy atom. The highest BCUT2D eigenvalue weighted by molar-refractivity contribution is 7.99. The van der Waals surface area contributed by atoms with Gasteiger partial charge in [0.25, 0.3) is 0 Å². The number of para-hydroxylation sites is 1. The summed E-state index contributed by atoms with van der Waals surface area (Å²) >= 11 is 1.63. The van der Waals surface area contributed by atoms with Crippen molar-refractivity contribution in [1.82, 2.24) is 4.98 Å². The van der Waals surface area contributed by atoms with Crippen molar-refractivity contribution in [2.45, 2.75) is 18.2 Å². The van der Waals surface area contributed by atoms with E-state index >= 15 is 0 Å². The highest BCUT2D eigenvalue weighted by Crippen LogP contribution is 2.27. The summed E-state index contributed by atoms with van der Waals surface area (Å²) in [6.07, 6.45) is 2.01. The molecule has 1 amide bonds. The zero-order chi connectivity index (χ0) is 18.4. The Bertz CT molecular complexity index is 903. The summed E-state index contributed by atoms with van der Waals surface area (Å²) in [5.41, 5.74) is 2.35. The van der Waals surface area contributed by atoms with Crippen LogP contribution >= 0.6 is 11.8 Å². The quantitative estimate of drug-likeness (QED) is 0.467. The number of nitrogens with zero attached hydrogens (tertiary/aromatic N) is 1. The van der Waals surface area contributed by atoms with Gasteiger partial charge in [-0.1, -0.05) is 36.4 Å². The number of hydrogen-bond donors (Lipinski definition) is 1. The fraction of sp³-hybridized carbons (Fsp3) is 0.143. The molecule has 26 heavy (non-hydrogen) atoms. The summed E-state index contributed by atoms with van der Waals surface area (Å²) in [4.78, 5) is 18.0. The highest BCUT2D eigenvalue weighted by atomic mass is 32.2. The summed E-state index contributed by atoms with van der Waals surface area (Å²) in [5.74, 6) is 1.87. The van der Waals surface area contributed by atoms with Crippen LogP contribution in [0.5, 0.6) is 0 Å². The molecule has 0 atom stereocenters. The average molecular weight is 364 g/mol. The molecule has 3 aromatic rings. The van der Waals surface area contributed by atoms with Crippen LogP contribution in [0.1, 0.15) is 11.5 Å². The zero-order valence-electron chi connectivity index (χ0n) is 14.6. The van der Waals surface area contributed by atoms with Crippen molar-refractivity contribution >= 4 is 23.4 Å². The van der Waals surface area contributed by atoms with Crippen molar-refractivity contribution in [3.63, 3.8) is 0 Å². The van der Waals surface area contributed by atoms with Gasteiger partial charge in [-0.25, -0.2) is 4.98 Å². The van der Waals surface area contributed by atoms with Gasteiger partial charge < -0.3 is 9.73 Å². The average Bonchev–Trinajstić information content (AvgIpc) is 3.02. The van der Waals surface area contributed by atoms with E-state index in [1.807, 2.05) is 67.6 Å². The molecule has 0 aliphatic heterocycles. The minimum absolute atomic E-state index is 0.118. The van der Waals surface area contributed by atoms with E-state index in [9.17, 15) is 4.79 Å². The Kier molecular flexibility index (Phi) is 5.92. The van der Waals surface area contributed by atoms with Crippen molar-refractivity contribution in [3.05, 3.63) is 78.7 Å². The van der Waals surface area contributed by atoms with Crippen molar-refractivity contribution in [2.75, 3.05) is 11.1 Å². The number of aromatic nitrogens is 1. The molecule has 1 heterocycles. The SMILES string of the molecule is C=CCSc1ccccc1NC(=O)Cc1nc(-c2ccccc2)oc1C. The van der Waals surface area contributed by atoms with Gasteiger partial charge in [0, 0.05) is 16.2 Å². The van der Waals surface area contributed by atoms with E-state index in [0.29, 0.717) is 17.3 Å². The standard InChI is InChI=1S/C21H20N2O2S/c1-3-13-26-19-12-8-7-11-17(19)22-20(24)14-18-15(2)25-21(23-18)16-9-5-4-6-10-16/h3-12H,1,13-14H2,2H3,(H,22,24). The largest absolute Gasteiger partial charge is 0.441 e. The lowest BCUT2D eigenvalue weighted by atomic mass is 10.2. The van der Waals surface area contributed by atoms with Gasteiger partial charge in [0.2, 0.25) is 11.8 Å². The van der Waals surface area contributed by atoms with Crippen molar-refractivity contribution < 1.29 is 9.21 Å². The van der Waals surface area contributed by atoms with Gasteiger partial charge in [0.05, 0.1) is 17.8 Å². The first-order chi connectivity index (χ1) is 12.7. The molecule has 132 valence electrons. The van der Waals surface area contributed by atoms with E-state index in [1.165, 1.54) is 0 Å². The monoisotopic (exact) mass is 364 g/mol. The number of carbonyl (C=O) groups excluding carboxylic acids is 1. The Morgan fingerprint density at radius 1 is 1.19 bits per heavy atom. The van der Waals surface area contributed by atoms with E-state index in [1.54, 1.807) is 11.8 Å². The number of anilines is 1. The lowest BCUT2D eigenvalue weighted by molar-refractivity contribution is -0.115. The summed E-state index contributed by atoms with van der Waals surface area (Å²) < 4.78 is 5.72. The summed E-state index contributed by atoms with van der Waals surface area (Å²) in [6, 6.07) is 17.4. The summed E-state index contributed by atoms with van der Waals surface area (Å²) in [6.45, 7) is 5.56. The first kappa shape index (κ1) is 18.0. The molecule has 0 bridgehead atoms. The fourth-order valence-corrected chi connectivity index (χ4v) is 3.23. The maximum absolute atomic E-state index is 12.5. The van der Waals surface area contributed by atoms with Gasteiger partial charge >= 0.3 is 0 Å². The maximum atomic E-state index is 12.5. The number of nitrogens with one attached hydrogen (secondary N) is 1. The van der Waals surface area contributed by atoms with Crippen LogP contribution in [0.4, 0.5) is 5.69 Å². The van der Waals surface area contributed by atoms with Crippen LogP contribution < -0.4 is 5.32 Å². The molecule has 2 aromatic carbocycles. The van der Waals surface area contributed by atoms with Crippen LogP contribution in [0.15, 0.2) is 76.6 Å². The molecule has 0 spiro atoms. The molecule has 0 saturated heterocycles. The second-order valence-electron chi connectivity index (χ2n) is 5.71. The topological polar surface area (TPSA) is 55.1 Å². The minimum atomic E-state index is -0.118. The van der Waals surface area contributed by atoms with E-state index in [0.717, 1.165) is 21.9 Å². The van der Waals surface area contributed by atoms with Crippen LogP contribution in [-0.2, 0) is 11.2 Å². The Morgan fingerprint density at radius 3 is 2.69 bits per heavy atom. The van der Waals surface area contributed by atoms with Gasteiger partial charge in [-0.15, -0.1) is 18.3 Å². The molecule has 0 unspecified atom stereocenters. The second kappa shape index (κ2) is 8.54. The number of rotatable bonds is 7. The normalized spacial score (nSPS) is 10.5. The Labute approximate surface area is 157 Å². The fourth-order valence-electron chi connectivity index (χ4n) is 2.49. The number of amides is 1. The smallest absolute Gasteiger partial charge is 0.230 e. The van der Waals surface area contributed by atoms with Crippen LogP contribution in [-0.4, -0.2) is 16.6 Å². The molecule has 1 N–H and O–H groups in total. The van der Waals surface area contributed by atoms with Gasteiger partial charge in [0.15, 0.2) is 0 Å². The van der Waals surface area contributed by atoms with Crippen molar-refractivity contribution in [2.24, 2.45) is 0 Å². The Hall–Kier alpha value is -2.79. The van der Waals surface area contributed by atoms with E-state index in [-0.39, 0.29) is 12.3 Å². The zero-order valence-corrected chi connectivity index (χ0v) is 15.4. The molecular formula is C21H20N2O2S. The lowest BCUT2D eigenvalue weighted by Crippen LogP contribution is -2.15. The van der Waals surface area contributed by atoms with Gasteiger partial charge in [-0.05, 0) is 31.2 Å². The van der Waals surface area contributed by atoms with Crippen molar-refractivity contribution in [1.29, 1.82) is 0 Å². The molecule has 4 nitrogen and oxygen atoms in total. The number of benzene rings is 2. The van der Waals surface area contributed by atoms with Crippen LogP contribution in [0, 0.1) is 6.92 Å². The Balaban J connectivity index is 1.71. The van der Waals surface area contributed by atoms with E-state index < -0.39 is 0 Å². The van der Waals surface area contributed by atoms with E-state index in [2.05, 4.69) is 16.9 Å². The molecule has 0 saturated carbocycles. The summed E-state index contributed by atoms with van der Waals surface area (Å²) in [5, 5.41) is 2.97. The third kappa shape index (κ3) is 4.43. The predicted molar refractivity (Wildman–Crippen MR) is 106 cm³/mol. The first-order valence-electron chi connectivity index (χ1n) is 8.31. The lowest BCUT2D eigenvalue weighted by Gasteiger charge is -2.09. The molecule has 0 aliphatic carbocycles. The third-order valence-corrected chi connectivity index (χ3v) is 4.83. The van der Waals surface area contributed by atoms with E-state index in [4.69, 9.17) is 4.42 Å². The molecule has 0 fully saturated rings. The number of hydrogen-bond acceptors (Lipinski definition) is 4. The predicted octanol–water partition coefficient (Wildman–Crippen LogP) is 5.11. The molecule has 3 rings (SSSR count). The highest BCUT2D eigenvalue weighted by Gasteiger charge is 2.15. The van der Waals surface area contributed by atoms with Gasteiger partial charge in [0.1, 0.15) is 5.76 Å². The van der Waals surface area contributed by atoms with Crippen LogP contribution in [0.25, 0.3) is 11.5 Å². The molecule has 0 radical (unpaired) electrons. The van der Waals surface area contributed by atoms with Crippen LogP contribution in [0.2, 0.25) is 0 Å². The molecule has 0 aliphatic rings. The first-order valence-corrected chi connectivity index (χ1v) is 9.30. The summed E-state index contributed by atoms with van der Waals surface area (Å²) in [7, 11) is 0. The molecule has 5 heteroatoms. The number of thioether (sulfide) groups is 1. The van der Waals surface area contributed by atoms with Gasteiger partial charge in [-0.2, -0.15) is 0 Å². The number of oxazole rings is 1. The molecular weight excluding hydrogens is 344 g/mol. The minimum Gasteiger partial charge on any atom is -0.441 e. The number of aryl methyl sites for hydroxylation is 1.